The number of ether oxygens (including phenoxy) is 2. The number of benzene rings is 4. The molecule has 4 rings (SSSR count). The van der Waals surface area contributed by atoms with Crippen LogP contribution in [0.15, 0.2) is 108 Å². The Hall–Kier alpha value is -4.54. The molecular formula is C35H38ClN3O6S. The lowest BCUT2D eigenvalue weighted by atomic mass is 10.0. The van der Waals surface area contributed by atoms with Gasteiger partial charge in [-0.2, -0.15) is 0 Å². The van der Waals surface area contributed by atoms with Crippen LogP contribution in [-0.2, 0) is 32.6 Å². The number of hydrogen-bond acceptors (Lipinski definition) is 6. The van der Waals surface area contributed by atoms with Crippen LogP contribution in [0.1, 0.15) is 25.0 Å². The molecule has 46 heavy (non-hydrogen) atoms. The lowest BCUT2D eigenvalue weighted by molar-refractivity contribution is -0.140. The SMILES string of the molecule is CCNC(=O)C(Cc1ccccc1)N(Cc1cccc(OC)c1)C(=O)CN(c1ccccc1OCC)S(=O)(=O)c1ccc(Cl)cc1. The van der Waals surface area contributed by atoms with Crippen LogP contribution < -0.4 is 19.1 Å². The first-order valence-electron chi connectivity index (χ1n) is 14.9. The minimum atomic E-state index is -4.31. The molecule has 1 atom stereocenters. The summed E-state index contributed by atoms with van der Waals surface area (Å²) in [7, 11) is -2.77. The van der Waals surface area contributed by atoms with Crippen molar-refractivity contribution in [1.29, 1.82) is 0 Å². The van der Waals surface area contributed by atoms with Crippen LogP contribution in [0.3, 0.4) is 0 Å². The van der Waals surface area contributed by atoms with Crippen molar-refractivity contribution in [2.75, 3.05) is 31.1 Å². The topological polar surface area (TPSA) is 105 Å². The average Bonchev–Trinajstić information content (AvgIpc) is 3.06. The second-order valence-corrected chi connectivity index (χ2v) is 12.6. The van der Waals surface area contributed by atoms with E-state index in [1.807, 2.05) is 36.4 Å². The summed E-state index contributed by atoms with van der Waals surface area (Å²) in [4.78, 5) is 29.6. The van der Waals surface area contributed by atoms with E-state index < -0.39 is 28.5 Å². The fraction of sp³-hybridized carbons (Fsp3) is 0.257. The summed E-state index contributed by atoms with van der Waals surface area (Å²) in [5.74, 6) is -0.0670. The minimum absolute atomic E-state index is 0.0204. The molecule has 0 aliphatic rings. The van der Waals surface area contributed by atoms with E-state index in [9.17, 15) is 18.0 Å². The summed E-state index contributed by atoms with van der Waals surface area (Å²) in [6.45, 7) is 3.63. The second-order valence-electron chi connectivity index (χ2n) is 10.3. The zero-order valence-corrected chi connectivity index (χ0v) is 27.6. The van der Waals surface area contributed by atoms with Gasteiger partial charge in [-0.1, -0.05) is 66.2 Å². The van der Waals surface area contributed by atoms with Gasteiger partial charge in [0, 0.05) is 24.5 Å². The van der Waals surface area contributed by atoms with E-state index in [4.69, 9.17) is 21.1 Å². The van der Waals surface area contributed by atoms with Crippen molar-refractivity contribution < 1.29 is 27.5 Å². The lowest BCUT2D eigenvalue weighted by Gasteiger charge is -2.34. The van der Waals surface area contributed by atoms with Crippen molar-refractivity contribution >= 4 is 39.1 Å². The molecule has 4 aromatic rings. The van der Waals surface area contributed by atoms with Crippen LogP contribution >= 0.6 is 11.6 Å². The first-order chi connectivity index (χ1) is 22.2. The summed E-state index contributed by atoms with van der Waals surface area (Å²) in [5, 5.41) is 3.23. The molecule has 242 valence electrons. The number of carbonyl (C=O) groups excluding carboxylic acids is 2. The number of nitrogens with one attached hydrogen (secondary N) is 1. The van der Waals surface area contributed by atoms with E-state index in [0.717, 1.165) is 9.87 Å². The van der Waals surface area contributed by atoms with Crippen molar-refractivity contribution in [3.8, 4) is 11.5 Å². The van der Waals surface area contributed by atoms with Gasteiger partial charge in [-0.05, 0) is 73.5 Å². The van der Waals surface area contributed by atoms with Crippen LogP contribution in [0, 0.1) is 0 Å². The van der Waals surface area contributed by atoms with Gasteiger partial charge >= 0.3 is 0 Å². The predicted octanol–water partition coefficient (Wildman–Crippen LogP) is 5.72. The van der Waals surface area contributed by atoms with Gasteiger partial charge in [0.15, 0.2) is 0 Å². The Labute approximate surface area is 275 Å². The number of carbonyl (C=O) groups is 2. The first kappa shape index (κ1) is 34.3. The Morgan fingerprint density at radius 2 is 1.54 bits per heavy atom. The molecule has 0 aromatic heterocycles. The van der Waals surface area contributed by atoms with Crippen LogP contribution in [-0.4, -0.2) is 58.0 Å². The monoisotopic (exact) mass is 663 g/mol. The van der Waals surface area contributed by atoms with E-state index in [1.165, 1.54) is 29.2 Å². The van der Waals surface area contributed by atoms with Gasteiger partial charge < -0.3 is 19.7 Å². The van der Waals surface area contributed by atoms with Gasteiger partial charge in [0.05, 0.1) is 24.3 Å². The van der Waals surface area contributed by atoms with E-state index in [1.54, 1.807) is 63.4 Å². The largest absolute Gasteiger partial charge is 0.497 e. The second kappa shape index (κ2) is 16.1. The van der Waals surface area contributed by atoms with E-state index in [0.29, 0.717) is 28.6 Å². The molecule has 9 nitrogen and oxygen atoms in total. The van der Waals surface area contributed by atoms with Gasteiger partial charge in [0.2, 0.25) is 11.8 Å². The molecule has 0 saturated carbocycles. The maximum atomic E-state index is 14.6. The Kier molecular flexibility index (Phi) is 12.1. The zero-order chi connectivity index (χ0) is 33.1. The summed E-state index contributed by atoms with van der Waals surface area (Å²) in [5.41, 5.74) is 1.73. The zero-order valence-electron chi connectivity index (χ0n) is 26.1. The summed E-state index contributed by atoms with van der Waals surface area (Å²) in [6.07, 6.45) is 0.210. The van der Waals surface area contributed by atoms with Crippen molar-refractivity contribution in [2.24, 2.45) is 0 Å². The van der Waals surface area contributed by atoms with E-state index in [-0.39, 0.29) is 36.1 Å². The highest BCUT2D eigenvalue weighted by molar-refractivity contribution is 7.92. The number of rotatable bonds is 15. The minimum Gasteiger partial charge on any atom is -0.497 e. The predicted molar refractivity (Wildman–Crippen MR) is 180 cm³/mol. The highest BCUT2D eigenvalue weighted by atomic mass is 35.5. The number of nitrogens with zero attached hydrogens (tertiary/aromatic N) is 2. The van der Waals surface area contributed by atoms with Crippen LogP contribution in [0.5, 0.6) is 11.5 Å². The summed E-state index contributed by atoms with van der Waals surface area (Å²) >= 11 is 6.07. The summed E-state index contributed by atoms with van der Waals surface area (Å²) < 4.78 is 40.7. The molecule has 0 radical (unpaired) electrons. The number of hydrogen-bond donors (Lipinski definition) is 1. The van der Waals surface area contributed by atoms with Gasteiger partial charge in [0.25, 0.3) is 10.0 Å². The molecule has 0 heterocycles. The van der Waals surface area contributed by atoms with Crippen molar-refractivity contribution in [2.45, 2.75) is 37.8 Å². The molecule has 0 aliphatic carbocycles. The first-order valence-corrected chi connectivity index (χ1v) is 16.7. The van der Waals surface area contributed by atoms with Crippen molar-refractivity contribution in [1.82, 2.24) is 10.2 Å². The van der Waals surface area contributed by atoms with Gasteiger partial charge in [0.1, 0.15) is 24.1 Å². The maximum Gasteiger partial charge on any atom is 0.264 e. The van der Waals surface area contributed by atoms with Crippen LogP contribution in [0.2, 0.25) is 5.02 Å². The molecule has 0 saturated heterocycles. The standard InChI is InChI=1S/C35H38ClN3O6S/c1-4-37-35(41)32(23-26-12-7-6-8-13-26)38(24-27-14-11-15-29(22-27)44-3)34(40)25-39(31-16-9-10-17-33(31)45-5-2)46(42,43)30-20-18-28(36)19-21-30/h6-22,32H,4-5,23-25H2,1-3H3,(H,37,41). The fourth-order valence-electron chi connectivity index (χ4n) is 5.00. The number of halogens is 1. The molecule has 0 spiro atoms. The Morgan fingerprint density at radius 3 is 2.22 bits per heavy atom. The van der Waals surface area contributed by atoms with Gasteiger partial charge in [-0.15, -0.1) is 0 Å². The van der Waals surface area contributed by atoms with E-state index >= 15 is 0 Å². The molecule has 0 fully saturated rings. The molecular weight excluding hydrogens is 626 g/mol. The average molecular weight is 664 g/mol. The lowest BCUT2D eigenvalue weighted by Crippen LogP contribution is -2.53. The smallest absolute Gasteiger partial charge is 0.264 e. The highest BCUT2D eigenvalue weighted by Crippen LogP contribution is 2.33. The maximum absolute atomic E-state index is 14.6. The molecule has 0 aliphatic heterocycles. The molecule has 0 bridgehead atoms. The molecule has 1 unspecified atom stereocenters. The van der Waals surface area contributed by atoms with E-state index in [2.05, 4.69) is 5.32 Å². The number of methoxy groups -OCH3 is 1. The Bertz CT molecular complexity index is 1720. The number of para-hydroxylation sites is 2. The Morgan fingerprint density at radius 1 is 0.870 bits per heavy atom. The third-order valence-corrected chi connectivity index (χ3v) is 9.25. The molecule has 11 heteroatoms. The highest BCUT2D eigenvalue weighted by Gasteiger charge is 2.35. The van der Waals surface area contributed by atoms with Crippen LogP contribution in [0.4, 0.5) is 5.69 Å². The third-order valence-electron chi connectivity index (χ3n) is 7.22. The number of anilines is 1. The van der Waals surface area contributed by atoms with Crippen molar-refractivity contribution in [3.63, 3.8) is 0 Å². The molecule has 4 aromatic carbocycles. The van der Waals surface area contributed by atoms with Crippen LogP contribution in [0.25, 0.3) is 0 Å². The quantitative estimate of drug-likeness (QED) is 0.175. The van der Waals surface area contributed by atoms with Crippen molar-refractivity contribution in [3.05, 3.63) is 119 Å². The van der Waals surface area contributed by atoms with Gasteiger partial charge in [-0.25, -0.2) is 8.42 Å². The number of amides is 2. The fourth-order valence-corrected chi connectivity index (χ4v) is 6.55. The number of sulfonamides is 1. The Balaban J connectivity index is 1.84. The number of likely N-dealkylation sites (N-methyl/N-ethyl adjacent to an activating group) is 1. The molecule has 1 N–H and O–H groups in total. The normalized spacial score (nSPS) is 11.7. The molecule has 2 amide bonds. The summed E-state index contributed by atoms with van der Waals surface area (Å²) in [6, 6.07) is 28.0. The third kappa shape index (κ3) is 8.58. The van der Waals surface area contributed by atoms with Gasteiger partial charge in [-0.3, -0.25) is 13.9 Å².